The van der Waals surface area contributed by atoms with E-state index >= 15 is 0 Å². The number of nitrogens with one attached hydrogen (secondary N) is 1. The second-order valence-corrected chi connectivity index (χ2v) is 2.04. The van der Waals surface area contributed by atoms with Crippen molar-refractivity contribution in [2.45, 2.75) is 27.2 Å². The summed E-state index contributed by atoms with van der Waals surface area (Å²) in [5, 5.41) is 11.0. The summed E-state index contributed by atoms with van der Waals surface area (Å²) in [6, 6.07) is 0. The van der Waals surface area contributed by atoms with E-state index in [4.69, 9.17) is 9.84 Å². The van der Waals surface area contributed by atoms with Crippen LogP contribution in [0, 0.1) is 0 Å². The Morgan fingerprint density at radius 3 is 2.46 bits per heavy atom. The van der Waals surface area contributed by atoms with Crippen molar-refractivity contribution in [3.8, 4) is 0 Å². The molecule has 2 N–H and O–H groups in total. The van der Waals surface area contributed by atoms with Crippen LogP contribution in [-0.2, 0) is 9.53 Å². The van der Waals surface area contributed by atoms with Gasteiger partial charge in [0.15, 0.2) is 0 Å². The van der Waals surface area contributed by atoms with E-state index in [2.05, 4.69) is 5.32 Å². The molecule has 0 saturated heterocycles. The number of amides is 1. The minimum absolute atomic E-state index is 0.0256. The van der Waals surface area contributed by atoms with Crippen molar-refractivity contribution < 1.29 is 14.6 Å². The molecule has 0 bridgehead atoms. The molecule has 1 amide bonds. The van der Waals surface area contributed by atoms with Gasteiger partial charge in [-0.25, -0.2) is 0 Å². The SMILES string of the molecule is CC.CCC(=O)NCCOCCO. The first-order valence-electron chi connectivity index (χ1n) is 4.76. The van der Waals surface area contributed by atoms with Gasteiger partial charge in [0.05, 0.1) is 19.8 Å². The van der Waals surface area contributed by atoms with Crippen LogP contribution in [0.25, 0.3) is 0 Å². The van der Waals surface area contributed by atoms with E-state index < -0.39 is 0 Å². The predicted molar refractivity (Wildman–Crippen MR) is 52.6 cm³/mol. The molecule has 4 heteroatoms. The normalized spacial score (nSPS) is 8.62. The number of aliphatic hydroxyl groups excluding tert-OH is 1. The lowest BCUT2D eigenvalue weighted by Gasteiger charge is -2.03. The summed E-state index contributed by atoms with van der Waals surface area (Å²) in [6.45, 7) is 7.15. The van der Waals surface area contributed by atoms with Gasteiger partial charge in [-0.1, -0.05) is 20.8 Å². The van der Waals surface area contributed by atoms with Crippen molar-refractivity contribution in [1.82, 2.24) is 5.32 Å². The second-order valence-electron chi connectivity index (χ2n) is 2.04. The molecule has 0 aromatic heterocycles. The summed E-state index contributed by atoms with van der Waals surface area (Å²) >= 11 is 0. The molecule has 0 radical (unpaired) electrons. The third-order valence-electron chi connectivity index (χ3n) is 1.13. The highest BCUT2D eigenvalue weighted by atomic mass is 16.5. The molecular formula is C9H21NO3. The maximum Gasteiger partial charge on any atom is 0.219 e. The van der Waals surface area contributed by atoms with Gasteiger partial charge in [0.25, 0.3) is 0 Å². The molecule has 0 atom stereocenters. The van der Waals surface area contributed by atoms with Gasteiger partial charge in [-0.05, 0) is 0 Å². The van der Waals surface area contributed by atoms with Crippen LogP contribution in [0.2, 0.25) is 0 Å². The van der Waals surface area contributed by atoms with Crippen LogP contribution in [-0.4, -0.2) is 37.4 Å². The Kier molecular flexibility index (Phi) is 16.0. The van der Waals surface area contributed by atoms with Gasteiger partial charge in [-0.3, -0.25) is 4.79 Å². The van der Waals surface area contributed by atoms with E-state index in [0.717, 1.165) is 0 Å². The van der Waals surface area contributed by atoms with Crippen LogP contribution in [0.1, 0.15) is 27.2 Å². The maximum atomic E-state index is 10.6. The van der Waals surface area contributed by atoms with Crippen molar-refractivity contribution in [2.24, 2.45) is 0 Å². The number of rotatable bonds is 6. The standard InChI is InChI=1S/C7H15NO3.C2H6/c1-2-7(10)8-3-5-11-6-4-9;1-2/h9H,2-6H2,1H3,(H,8,10);1-2H3. The molecule has 0 rings (SSSR count). The molecule has 0 unspecified atom stereocenters. The molecule has 0 aliphatic rings. The Morgan fingerprint density at radius 2 is 2.00 bits per heavy atom. The number of carbonyl (C=O) groups excluding carboxylic acids is 1. The maximum absolute atomic E-state index is 10.6. The number of hydrogen-bond acceptors (Lipinski definition) is 3. The predicted octanol–water partition coefficient (Wildman–Crippen LogP) is 0.548. The monoisotopic (exact) mass is 191 g/mol. The van der Waals surface area contributed by atoms with Crippen LogP contribution in [0.15, 0.2) is 0 Å². The van der Waals surface area contributed by atoms with Crippen molar-refractivity contribution in [3.05, 3.63) is 0 Å². The molecule has 0 aliphatic heterocycles. The molecule has 0 aromatic rings. The zero-order chi connectivity index (χ0) is 10.5. The second kappa shape index (κ2) is 13.9. The fraction of sp³-hybridized carbons (Fsp3) is 0.889. The molecule has 0 fully saturated rings. The number of hydrogen-bond donors (Lipinski definition) is 2. The van der Waals surface area contributed by atoms with Crippen molar-refractivity contribution in [3.63, 3.8) is 0 Å². The average Bonchev–Trinajstić information content (AvgIpc) is 2.20. The highest BCUT2D eigenvalue weighted by molar-refractivity contribution is 5.75. The van der Waals surface area contributed by atoms with Crippen LogP contribution >= 0.6 is 0 Å². The van der Waals surface area contributed by atoms with Gasteiger partial charge in [-0.15, -0.1) is 0 Å². The highest BCUT2D eigenvalue weighted by Gasteiger charge is 1.93. The van der Waals surface area contributed by atoms with E-state index in [1.54, 1.807) is 6.92 Å². The molecule has 13 heavy (non-hydrogen) atoms. The van der Waals surface area contributed by atoms with Crippen LogP contribution < -0.4 is 5.32 Å². The number of aliphatic hydroxyl groups is 1. The summed E-state index contributed by atoms with van der Waals surface area (Å²) in [4.78, 5) is 10.6. The van der Waals surface area contributed by atoms with Crippen molar-refractivity contribution in [2.75, 3.05) is 26.4 Å². The lowest BCUT2D eigenvalue weighted by molar-refractivity contribution is -0.121. The smallest absolute Gasteiger partial charge is 0.219 e. The van der Waals surface area contributed by atoms with Gasteiger partial charge in [-0.2, -0.15) is 0 Å². The van der Waals surface area contributed by atoms with Crippen LogP contribution in [0.3, 0.4) is 0 Å². The Hall–Kier alpha value is -0.610. The Bertz CT molecular complexity index is 107. The molecule has 0 spiro atoms. The summed E-state index contributed by atoms with van der Waals surface area (Å²) in [7, 11) is 0. The first-order valence-corrected chi connectivity index (χ1v) is 4.76. The lowest BCUT2D eigenvalue weighted by atomic mass is 10.4. The first-order chi connectivity index (χ1) is 6.31. The van der Waals surface area contributed by atoms with Gasteiger partial charge in [0.1, 0.15) is 0 Å². The first kappa shape index (κ1) is 14.9. The van der Waals surface area contributed by atoms with Crippen molar-refractivity contribution in [1.29, 1.82) is 0 Å². The highest BCUT2D eigenvalue weighted by Crippen LogP contribution is 1.75. The Balaban J connectivity index is 0. The molecule has 0 saturated carbocycles. The summed E-state index contributed by atoms with van der Waals surface area (Å²) in [5.41, 5.74) is 0. The molecule has 0 aromatic carbocycles. The Labute approximate surface area is 80.3 Å². The van der Waals surface area contributed by atoms with E-state index in [1.165, 1.54) is 0 Å². The summed E-state index contributed by atoms with van der Waals surface area (Å²) < 4.78 is 4.91. The molecule has 4 nitrogen and oxygen atoms in total. The quantitative estimate of drug-likeness (QED) is 0.603. The summed E-state index contributed by atoms with van der Waals surface area (Å²) in [6.07, 6.45) is 0.500. The fourth-order valence-electron chi connectivity index (χ4n) is 0.554. The molecule has 80 valence electrons. The number of carbonyl (C=O) groups is 1. The van der Waals surface area contributed by atoms with E-state index in [1.807, 2.05) is 13.8 Å². The summed E-state index contributed by atoms with van der Waals surface area (Å²) in [5.74, 6) is 0.0256. The van der Waals surface area contributed by atoms with Gasteiger partial charge in [0.2, 0.25) is 5.91 Å². The largest absolute Gasteiger partial charge is 0.394 e. The van der Waals surface area contributed by atoms with E-state index in [9.17, 15) is 4.79 Å². The fourth-order valence-corrected chi connectivity index (χ4v) is 0.554. The third kappa shape index (κ3) is 14.3. The van der Waals surface area contributed by atoms with Crippen molar-refractivity contribution >= 4 is 5.91 Å². The Morgan fingerprint density at radius 1 is 1.38 bits per heavy atom. The lowest BCUT2D eigenvalue weighted by Crippen LogP contribution is -2.26. The zero-order valence-electron chi connectivity index (χ0n) is 8.80. The molecule has 0 heterocycles. The average molecular weight is 191 g/mol. The third-order valence-corrected chi connectivity index (χ3v) is 1.13. The van der Waals surface area contributed by atoms with Gasteiger partial charge in [0, 0.05) is 13.0 Å². The topological polar surface area (TPSA) is 58.6 Å². The zero-order valence-corrected chi connectivity index (χ0v) is 8.80. The van der Waals surface area contributed by atoms with E-state index in [0.29, 0.717) is 26.2 Å². The van der Waals surface area contributed by atoms with Gasteiger partial charge < -0.3 is 15.2 Å². The van der Waals surface area contributed by atoms with Crippen LogP contribution in [0.4, 0.5) is 0 Å². The van der Waals surface area contributed by atoms with E-state index in [-0.39, 0.29) is 12.5 Å². The minimum atomic E-state index is 0.0256. The number of ether oxygens (including phenoxy) is 1. The minimum Gasteiger partial charge on any atom is -0.394 e. The molecular weight excluding hydrogens is 170 g/mol. The van der Waals surface area contributed by atoms with Gasteiger partial charge >= 0.3 is 0 Å². The molecule has 0 aliphatic carbocycles. The van der Waals surface area contributed by atoms with Crippen LogP contribution in [0.5, 0.6) is 0 Å².